The Kier molecular flexibility index (Phi) is 8.80. The fourth-order valence-electron chi connectivity index (χ4n) is 1.75. The van der Waals surface area contributed by atoms with Crippen molar-refractivity contribution >= 4 is 24.2 Å². The maximum absolute atomic E-state index is 11.5. The summed E-state index contributed by atoms with van der Waals surface area (Å²) in [6.07, 6.45) is 3.47. The summed E-state index contributed by atoms with van der Waals surface area (Å²) in [5.74, 6) is 0.0583. The van der Waals surface area contributed by atoms with Crippen molar-refractivity contribution < 1.29 is 9.59 Å². The lowest BCUT2D eigenvalue weighted by Gasteiger charge is -2.25. The van der Waals surface area contributed by atoms with Crippen molar-refractivity contribution in [3.63, 3.8) is 0 Å². The number of carbonyl (C=O) groups is 2. The largest absolute Gasteiger partial charge is 0.355 e. The van der Waals surface area contributed by atoms with Gasteiger partial charge in [0.2, 0.25) is 11.8 Å². The number of nitrogens with one attached hydrogen (secondary N) is 2. The van der Waals surface area contributed by atoms with Gasteiger partial charge in [-0.1, -0.05) is 0 Å². The second kappa shape index (κ2) is 9.24. The Morgan fingerprint density at radius 2 is 2.12 bits per heavy atom. The second-order valence-electron chi connectivity index (χ2n) is 4.08. The number of hydrogen-bond donors (Lipinski definition) is 2. The molecule has 17 heavy (non-hydrogen) atoms. The zero-order valence-corrected chi connectivity index (χ0v) is 11.1. The van der Waals surface area contributed by atoms with E-state index >= 15 is 0 Å². The molecule has 0 saturated carbocycles. The standard InChI is InChI=1S/C11H21N3O2.ClH/c1-12-6-4-7-13-10(15)9-14-8-3-2-5-11(14)16;/h12H,2-9H2,1H3,(H,13,15);1H. The lowest BCUT2D eigenvalue weighted by atomic mass is 10.1. The molecule has 0 bridgehead atoms. The highest BCUT2D eigenvalue weighted by atomic mass is 35.5. The summed E-state index contributed by atoms with van der Waals surface area (Å²) in [6.45, 7) is 2.51. The van der Waals surface area contributed by atoms with Gasteiger partial charge < -0.3 is 15.5 Å². The van der Waals surface area contributed by atoms with Crippen molar-refractivity contribution in [2.45, 2.75) is 25.7 Å². The number of rotatable bonds is 6. The van der Waals surface area contributed by atoms with Gasteiger partial charge in [-0.05, 0) is 32.9 Å². The first kappa shape index (κ1) is 16.2. The van der Waals surface area contributed by atoms with Gasteiger partial charge in [0.05, 0.1) is 6.54 Å². The van der Waals surface area contributed by atoms with Crippen LogP contribution in [0.2, 0.25) is 0 Å². The second-order valence-corrected chi connectivity index (χ2v) is 4.08. The summed E-state index contributed by atoms with van der Waals surface area (Å²) in [7, 11) is 1.88. The molecule has 1 fully saturated rings. The summed E-state index contributed by atoms with van der Waals surface area (Å²) < 4.78 is 0. The van der Waals surface area contributed by atoms with Gasteiger partial charge in [-0.3, -0.25) is 9.59 Å². The van der Waals surface area contributed by atoms with Crippen molar-refractivity contribution in [1.29, 1.82) is 0 Å². The van der Waals surface area contributed by atoms with Crippen LogP contribution in [0.25, 0.3) is 0 Å². The van der Waals surface area contributed by atoms with Gasteiger partial charge in [-0.15, -0.1) is 12.4 Å². The van der Waals surface area contributed by atoms with Crippen LogP contribution in [0.1, 0.15) is 25.7 Å². The SMILES string of the molecule is CNCCCNC(=O)CN1CCCCC1=O.Cl. The average Bonchev–Trinajstić information content (AvgIpc) is 2.28. The molecule has 5 nitrogen and oxygen atoms in total. The molecule has 0 aromatic heterocycles. The Hall–Kier alpha value is -0.810. The maximum Gasteiger partial charge on any atom is 0.239 e. The van der Waals surface area contributed by atoms with Crippen LogP contribution in [0.5, 0.6) is 0 Å². The third-order valence-corrected chi connectivity index (χ3v) is 2.68. The summed E-state index contributed by atoms with van der Waals surface area (Å²) in [5.41, 5.74) is 0. The first-order chi connectivity index (χ1) is 7.74. The van der Waals surface area contributed by atoms with Crippen molar-refractivity contribution in [2.24, 2.45) is 0 Å². The van der Waals surface area contributed by atoms with Crippen LogP contribution in [0, 0.1) is 0 Å². The highest BCUT2D eigenvalue weighted by molar-refractivity contribution is 5.85. The molecular weight excluding hydrogens is 242 g/mol. The van der Waals surface area contributed by atoms with Gasteiger partial charge in [0.1, 0.15) is 0 Å². The van der Waals surface area contributed by atoms with Crippen LogP contribution in [0.4, 0.5) is 0 Å². The zero-order valence-electron chi connectivity index (χ0n) is 10.3. The summed E-state index contributed by atoms with van der Waals surface area (Å²) in [4.78, 5) is 24.6. The predicted octanol–water partition coefficient (Wildman–Crippen LogP) is 0.146. The first-order valence-corrected chi connectivity index (χ1v) is 5.93. The van der Waals surface area contributed by atoms with E-state index in [4.69, 9.17) is 0 Å². The smallest absolute Gasteiger partial charge is 0.239 e. The van der Waals surface area contributed by atoms with Gasteiger partial charge in [0.25, 0.3) is 0 Å². The minimum atomic E-state index is -0.0497. The molecule has 6 heteroatoms. The topological polar surface area (TPSA) is 61.4 Å². The lowest BCUT2D eigenvalue weighted by molar-refractivity contribution is -0.137. The number of amides is 2. The number of hydrogen-bond acceptors (Lipinski definition) is 3. The van der Waals surface area contributed by atoms with Crippen molar-refractivity contribution in [2.75, 3.05) is 33.2 Å². The Labute approximate surface area is 109 Å². The van der Waals surface area contributed by atoms with Crippen LogP contribution in [-0.2, 0) is 9.59 Å². The van der Waals surface area contributed by atoms with Crippen LogP contribution in [0.3, 0.4) is 0 Å². The number of nitrogens with zero attached hydrogens (tertiary/aromatic N) is 1. The summed E-state index contributed by atoms with van der Waals surface area (Å²) in [5, 5.41) is 5.83. The minimum absolute atomic E-state index is 0. The molecule has 0 spiro atoms. The first-order valence-electron chi connectivity index (χ1n) is 5.93. The van der Waals surface area contributed by atoms with Gasteiger partial charge in [0, 0.05) is 19.5 Å². The molecule has 100 valence electrons. The highest BCUT2D eigenvalue weighted by Crippen LogP contribution is 2.09. The van der Waals surface area contributed by atoms with Crippen molar-refractivity contribution in [3.8, 4) is 0 Å². The molecule has 0 aromatic carbocycles. The highest BCUT2D eigenvalue weighted by Gasteiger charge is 2.19. The van der Waals surface area contributed by atoms with Crippen LogP contribution < -0.4 is 10.6 Å². The van der Waals surface area contributed by atoms with E-state index in [-0.39, 0.29) is 30.8 Å². The Morgan fingerprint density at radius 1 is 1.35 bits per heavy atom. The van der Waals surface area contributed by atoms with Crippen molar-refractivity contribution in [1.82, 2.24) is 15.5 Å². The summed E-state index contributed by atoms with van der Waals surface area (Å²) in [6, 6.07) is 0. The molecule has 1 rings (SSSR count). The molecule has 0 aromatic rings. The Morgan fingerprint density at radius 3 is 2.76 bits per heavy atom. The number of halogens is 1. The molecule has 0 radical (unpaired) electrons. The molecular formula is C11H22ClN3O2. The molecule has 1 saturated heterocycles. The molecule has 2 N–H and O–H groups in total. The monoisotopic (exact) mass is 263 g/mol. The van der Waals surface area contributed by atoms with Crippen LogP contribution in [-0.4, -0.2) is 49.9 Å². The van der Waals surface area contributed by atoms with E-state index in [1.807, 2.05) is 7.05 Å². The van der Waals surface area contributed by atoms with Gasteiger partial charge in [0.15, 0.2) is 0 Å². The third kappa shape index (κ3) is 6.48. The normalized spacial score (nSPS) is 15.4. The van der Waals surface area contributed by atoms with E-state index in [9.17, 15) is 9.59 Å². The quantitative estimate of drug-likeness (QED) is 0.671. The number of piperidine rings is 1. The molecule has 1 aliphatic heterocycles. The average molecular weight is 264 g/mol. The zero-order chi connectivity index (χ0) is 11.8. The van der Waals surface area contributed by atoms with Gasteiger partial charge >= 0.3 is 0 Å². The van der Waals surface area contributed by atoms with Gasteiger partial charge in [-0.25, -0.2) is 0 Å². The van der Waals surface area contributed by atoms with E-state index in [0.29, 0.717) is 13.0 Å². The van der Waals surface area contributed by atoms with E-state index in [0.717, 1.165) is 32.4 Å². The predicted molar refractivity (Wildman–Crippen MR) is 69.2 cm³/mol. The van der Waals surface area contributed by atoms with Crippen LogP contribution in [0.15, 0.2) is 0 Å². The Balaban J connectivity index is 0.00000256. The molecule has 0 atom stereocenters. The van der Waals surface area contributed by atoms with E-state index in [1.54, 1.807) is 4.90 Å². The van der Waals surface area contributed by atoms with Crippen molar-refractivity contribution in [3.05, 3.63) is 0 Å². The molecule has 1 heterocycles. The van der Waals surface area contributed by atoms with Crippen LogP contribution >= 0.6 is 12.4 Å². The molecule has 1 aliphatic rings. The molecule has 0 unspecified atom stereocenters. The minimum Gasteiger partial charge on any atom is -0.355 e. The molecule has 0 aliphatic carbocycles. The van der Waals surface area contributed by atoms with E-state index in [1.165, 1.54) is 0 Å². The van der Waals surface area contributed by atoms with Gasteiger partial charge in [-0.2, -0.15) is 0 Å². The lowest BCUT2D eigenvalue weighted by Crippen LogP contribution is -2.43. The van der Waals surface area contributed by atoms with E-state index < -0.39 is 0 Å². The van der Waals surface area contributed by atoms with E-state index in [2.05, 4.69) is 10.6 Å². The summed E-state index contributed by atoms with van der Waals surface area (Å²) >= 11 is 0. The third-order valence-electron chi connectivity index (χ3n) is 2.68. The fraction of sp³-hybridized carbons (Fsp3) is 0.818. The number of carbonyl (C=O) groups excluding carboxylic acids is 2. The maximum atomic E-state index is 11.5. The fourth-order valence-corrected chi connectivity index (χ4v) is 1.75. The molecule has 2 amide bonds. The number of likely N-dealkylation sites (tertiary alicyclic amines) is 1. The Bertz CT molecular complexity index is 249.